The molecule has 0 spiro atoms. The first-order valence-electron chi connectivity index (χ1n) is 7.09. The lowest BCUT2D eigenvalue weighted by Crippen LogP contribution is -2.56. The van der Waals surface area contributed by atoms with Crippen LogP contribution in [0.1, 0.15) is 32.6 Å². The van der Waals surface area contributed by atoms with Crippen LogP contribution < -0.4 is 10.6 Å². The number of likely N-dealkylation sites (N-methyl/N-ethyl adjacent to an activating group) is 1. The molecule has 0 aromatic heterocycles. The fourth-order valence-corrected chi connectivity index (χ4v) is 2.96. The third-order valence-corrected chi connectivity index (χ3v) is 4.18. The van der Waals surface area contributed by atoms with Crippen molar-refractivity contribution < 1.29 is 0 Å². The fraction of sp³-hybridized carbons (Fsp3) is 0.800. The molecule has 2 atom stereocenters. The molecule has 2 unspecified atom stereocenters. The molecule has 0 aromatic rings. The van der Waals surface area contributed by atoms with Crippen molar-refractivity contribution in [2.24, 2.45) is 10.9 Å². The molecule has 4 heteroatoms. The van der Waals surface area contributed by atoms with Gasteiger partial charge in [-0.3, -0.25) is 4.99 Å². The van der Waals surface area contributed by atoms with Gasteiger partial charge in [-0.15, -0.1) is 6.42 Å². The zero-order valence-electron chi connectivity index (χ0n) is 12.8. The van der Waals surface area contributed by atoms with E-state index in [0.717, 1.165) is 18.4 Å². The summed E-state index contributed by atoms with van der Waals surface area (Å²) in [5.74, 6) is 4.15. The summed E-state index contributed by atoms with van der Waals surface area (Å²) in [5.41, 5.74) is 0.228. The third kappa shape index (κ3) is 4.43. The van der Waals surface area contributed by atoms with Crippen LogP contribution in [0.4, 0.5) is 0 Å². The molecule has 1 fully saturated rings. The van der Waals surface area contributed by atoms with Crippen LogP contribution in [0.2, 0.25) is 0 Å². The lowest BCUT2D eigenvalue weighted by Gasteiger charge is -2.45. The van der Waals surface area contributed by atoms with E-state index in [-0.39, 0.29) is 5.54 Å². The Labute approximate surface area is 118 Å². The van der Waals surface area contributed by atoms with E-state index in [1.54, 1.807) is 7.05 Å². The van der Waals surface area contributed by atoms with Gasteiger partial charge in [-0.2, -0.15) is 0 Å². The number of hydrogen-bond acceptors (Lipinski definition) is 2. The van der Waals surface area contributed by atoms with Gasteiger partial charge in [-0.25, -0.2) is 0 Å². The Hall–Kier alpha value is -1.21. The van der Waals surface area contributed by atoms with Crippen molar-refractivity contribution in [3.05, 3.63) is 0 Å². The van der Waals surface area contributed by atoms with Crippen LogP contribution in [-0.2, 0) is 0 Å². The SMILES string of the molecule is C#CCNC(=NC)NCC1(N(C)C)CCCC(C)C1. The van der Waals surface area contributed by atoms with Crippen molar-refractivity contribution in [1.82, 2.24) is 15.5 Å². The normalized spacial score (nSPS) is 28.0. The smallest absolute Gasteiger partial charge is 0.191 e. The van der Waals surface area contributed by atoms with Gasteiger partial charge in [0.2, 0.25) is 0 Å². The zero-order chi connectivity index (χ0) is 14.3. The minimum Gasteiger partial charge on any atom is -0.355 e. The number of terminal acetylenes is 1. The topological polar surface area (TPSA) is 39.7 Å². The summed E-state index contributed by atoms with van der Waals surface area (Å²) >= 11 is 0. The number of aliphatic imine (C=N–C) groups is 1. The summed E-state index contributed by atoms with van der Waals surface area (Å²) < 4.78 is 0. The van der Waals surface area contributed by atoms with Crippen LogP contribution in [-0.4, -0.2) is 50.6 Å². The molecule has 1 rings (SSSR count). The molecule has 108 valence electrons. The van der Waals surface area contributed by atoms with Gasteiger partial charge in [0.05, 0.1) is 6.54 Å². The molecule has 2 N–H and O–H groups in total. The summed E-state index contributed by atoms with van der Waals surface area (Å²) in [4.78, 5) is 6.56. The monoisotopic (exact) mass is 264 g/mol. The van der Waals surface area contributed by atoms with E-state index >= 15 is 0 Å². The highest BCUT2D eigenvalue weighted by molar-refractivity contribution is 5.79. The van der Waals surface area contributed by atoms with Gasteiger partial charge in [-0.05, 0) is 32.9 Å². The first kappa shape index (κ1) is 15.8. The van der Waals surface area contributed by atoms with Crippen molar-refractivity contribution in [3.63, 3.8) is 0 Å². The number of rotatable bonds is 4. The molecule has 1 saturated carbocycles. The summed E-state index contributed by atoms with van der Waals surface area (Å²) in [5, 5.41) is 6.53. The lowest BCUT2D eigenvalue weighted by molar-refractivity contribution is 0.0796. The Balaban J connectivity index is 2.61. The molecule has 0 saturated heterocycles. The van der Waals surface area contributed by atoms with E-state index in [4.69, 9.17) is 6.42 Å². The van der Waals surface area contributed by atoms with Gasteiger partial charge in [0.25, 0.3) is 0 Å². The van der Waals surface area contributed by atoms with E-state index < -0.39 is 0 Å². The van der Waals surface area contributed by atoms with Gasteiger partial charge in [0, 0.05) is 19.1 Å². The Kier molecular flexibility index (Phi) is 6.17. The second-order valence-corrected chi connectivity index (χ2v) is 5.80. The van der Waals surface area contributed by atoms with Gasteiger partial charge in [-0.1, -0.05) is 25.7 Å². The summed E-state index contributed by atoms with van der Waals surface area (Å²) in [6.07, 6.45) is 10.4. The molecule has 0 bridgehead atoms. The van der Waals surface area contributed by atoms with E-state index in [1.807, 2.05) is 0 Å². The second kappa shape index (κ2) is 7.40. The molecular formula is C15H28N4. The van der Waals surface area contributed by atoms with E-state index in [0.29, 0.717) is 6.54 Å². The molecule has 0 radical (unpaired) electrons. The quantitative estimate of drug-likeness (QED) is 0.457. The standard InChI is InChI=1S/C15H28N4/c1-6-10-17-14(16-3)18-12-15(19(4)5)9-7-8-13(2)11-15/h1,13H,7-12H2,2-5H3,(H2,16,17,18). The Bertz CT molecular complexity index is 343. The van der Waals surface area contributed by atoms with E-state index in [1.165, 1.54) is 25.7 Å². The van der Waals surface area contributed by atoms with Crippen molar-refractivity contribution in [2.75, 3.05) is 34.2 Å². The summed E-state index contributed by atoms with van der Waals surface area (Å²) in [7, 11) is 6.13. The molecule has 1 aliphatic rings. The number of guanidine groups is 1. The van der Waals surface area contributed by atoms with Gasteiger partial charge in [0.15, 0.2) is 5.96 Å². The van der Waals surface area contributed by atoms with Crippen molar-refractivity contribution in [2.45, 2.75) is 38.1 Å². The van der Waals surface area contributed by atoms with Crippen LogP contribution in [0.3, 0.4) is 0 Å². The fourth-order valence-electron chi connectivity index (χ4n) is 2.96. The van der Waals surface area contributed by atoms with Gasteiger partial charge < -0.3 is 15.5 Å². The van der Waals surface area contributed by atoms with Crippen molar-refractivity contribution in [1.29, 1.82) is 0 Å². The minimum absolute atomic E-state index is 0.228. The van der Waals surface area contributed by atoms with E-state index in [9.17, 15) is 0 Å². The van der Waals surface area contributed by atoms with E-state index in [2.05, 4.69) is 47.5 Å². The maximum absolute atomic E-state index is 5.26. The van der Waals surface area contributed by atoms with Gasteiger partial charge in [0.1, 0.15) is 0 Å². The number of nitrogens with one attached hydrogen (secondary N) is 2. The first-order valence-corrected chi connectivity index (χ1v) is 7.09. The zero-order valence-corrected chi connectivity index (χ0v) is 12.8. The predicted molar refractivity (Wildman–Crippen MR) is 82.2 cm³/mol. The molecule has 1 aliphatic carbocycles. The summed E-state index contributed by atoms with van der Waals surface area (Å²) in [6.45, 7) is 3.77. The maximum Gasteiger partial charge on any atom is 0.191 e. The summed E-state index contributed by atoms with van der Waals surface area (Å²) in [6, 6.07) is 0. The van der Waals surface area contributed by atoms with Crippen LogP contribution in [0, 0.1) is 18.3 Å². The minimum atomic E-state index is 0.228. The van der Waals surface area contributed by atoms with Crippen molar-refractivity contribution >= 4 is 5.96 Å². The molecule has 0 aliphatic heterocycles. The molecular weight excluding hydrogens is 236 g/mol. The average Bonchev–Trinajstić information content (AvgIpc) is 2.39. The third-order valence-electron chi connectivity index (χ3n) is 4.18. The number of nitrogens with zero attached hydrogens (tertiary/aromatic N) is 2. The highest BCUT2D eigenvalue weighted by Gasteiger charge is 2.36. The average molecular weight is 264 g/mol. The lowest BCUT2D eigenvalue weighted by atomic mass is 9.75. The molecule has 19 heavy (non-hydrogen) atoms. The van der Waals surface area contributed by atoms with Crippen molar-refractivity contribution in [3.8, 4) is 12.3 Å². The highest BCUT2D eigenvalue weighted by Crippen LogP contribution is 2.35. The molecule has 0 heterocycles. The Morgan fingerprint density at radius 2 is 2.21 bits per heavy atom. The van der Waals surface area contributed by atoms with Crippen LogP contribution in [0.25, 0.3) is 0 Å². The first-order chi connectivity index (χ1) is 9.04. The van der Waals surface area contributed by atoms with Crippen LogP contribution in [0.15, 0.2) is 4.99 Å². The Morgan fingerprint density at radius 3 is 2.74 bits per heavy atom. The highest BCUT2D eigenvalue weighted by atomic mass is 15.2. The Morgan fingerprint density at radius 1 is 1.47 bits per heavy atom. The van der Waals surface area contributed by atoms with Gasteiger partial charge >= 0.3 is 0 Å². The maximum atomic E-state index is 5.26. The largest absolute Gasteiger partial charge is 0.355 e. The molecule has 4 nitrogen and oxygen atoms in total. The number of hydrogen-bond donors (Lipinski definition) is 2. The molecule has 0 aromatic carbocycles. The predicted octanol–water partition coefficient (Wildman–Crippen LogP) is 1.30. The van der Waals surface area contributed by atoms with Crippen LogP contribution >= 0.6 is 0 Å². The van der Waals surface area contributed by atoms with Crippen LogP contribution in [0.5, 0.6) is 0 Å². The second-order valence-electron chi connectivity index (χ2n) is 5.80. The molecule has 0 amide bonds.